The zero-order valence-electron chi connectivity index (χ0n) is 10.2. The van der Waals surface area contributed by atoms with E-state index in [0.717, 1.165) is 26.4 Å². The van der Waals surface area contributed by atoms with Crippen LogP contribution in [-0.2, 0) is 0 Å². The first kappa shape index (κ1) is 11.4. The molecule has 3 heterocycles. The van der Waals surface area contributed by atoms with Crippen molar-refractivity contribution in [2.24, 2.45) is 0 Å². The van der Waals surface area contributed by atoms with Gasteiger partial charge in [-0.15, -0.1) is 21.5 Å². The molecule has 0 saturated heterocycles. The minimum Gasteiger partial charge on any atom is -0.397 e. The van der Waals surface area contributed by atoms with Gasteiger partial charge in [0.2, 0.25) is 4.96 Å². The third-order valence-corrected chi connectivity index (χ3v) is 5.61. The summed E-state index contributed by atoms with van der Waals surface area (Å²) in [6.07, 6.45) is 4.98. The highest BCUT2D eigenvalue weighted by Gasteiger charge is 2.24. The van der Waals surface area contributed by atoms with Gasteiger partial charge < -0.3 is 5.73 Å². The summed E-state index contributed by atoms with van der Waals surface area (Å²) in [5.74, 6) is 1.54. The molecule has 2 N–H and O–H groups in total. The fourth-order valence-corrected chi connectivity index (χ4v) is 4.43. The van der Waals surface area contributed by atoms with Crippen molar-refractivity contribution in [3.8, 4) is 9.88 Å². The van der Waals surface area contributed by atoms with E-state index in [1.807, 2.05) is 16.0 Å². The van der Waals surface area contributed by atoms with E-state index in [4.69, 9.17) is 5.73 Å². The van der Waals surface area contributed by atoms with Crippen LogP contribution >= 0.6 is 22.7 Å². The highest BCUT2D eigenvalue weighted by atomic mass is 32.1. The molecule has 0 aliphatic heterocycles. The minimum atomic E-state index is 0.519. The average molecular weight is 291 g/mol. The molecule has 0 atom stereocenters. The first-order valence-electron chi connectivity index (χ1n) is 6.38. The first-order chi connectivity index (χ1) is 9.33. The third kappa shape index (κ3) is 1.76. The lowest BCUT2D eigenvalue weighted by molar-refractivity contribution is 0.641. The number of thiophene rings is 1. The molecule has 1 aliphatic rings. The molecule has 7 heteroatoms. The van der Waals surface area contributed by atoms with Gasteiger partial charge in [0.05, 0.1) is 10.6 Å². The summed E-state index contributed by atoms with van der Waals surface area (Å²) in [5.41, 5.74) is 6.74. The number of aromatic nitrogens is 4. The van der Waals surface area contributed by atoms with Gasteiger partial charge in [-0.05, 0) is 24.3 Å². The molecule has 4 rings (SSSR count). The Morgan fingerprint density at radius 2 is 2.11 bits per heavy atom. The molecule has 0 bridgehead atoms. The van der Waals surface area contributed by atoms with Gasteiger partial charge in [-0.25, -0.2) is 0 Å². The van der Waals surface area contributed by atoms with Crippen molar-refractivity contribution in [3.05, 3.63) is 17.3 Å². The Balaban J connectivity index is 1.82. The molecule has 0 amide bonds. The summed E-state index contributed by atoms with van der Waals surface area (Å²) < 4.78 is 1.91. The molecule has 0 radical (unpaired) electrons. The monoisotopic (exact) mass is 291 g/mol. The summed E-state index contributed by atoms with van der Waals surface area (Å²) in [4.78, 5) is 1.90. The lowest BCUT2D eigenvalue weighted by Crippen LogP contribution is -2.01. The fraction of sp³-hybridized carbons (Fsp3) is 0.417. The molecule has 1 aliphatic carbocycles. The maximum atomic E-state index is 5.96. The molecule has 19 heavy (non-hydrogen) atoms. The normalized spacial score (nSPS) is 16.6. The van der Waals surface area contributed by atoms with Crippen molar-refractivity contribution < 1.29 is 0 Å². The molecule has 0 unspecified atom stereocenters. The summed E-state index contributed by atoms with van der Waals surface area (Å²) in [7, 11) is 0. The van der Waals surface area contributed by atoms with Crippen LogP contribution in [0.15, 0.2) is 11.4 Å². The topological polar surface area (TPSA) is 69.1 Å². The summed E-state index contributed by atoms with van der Waals surface area (Å²) >= 11 is 3.18. The van der Waals surface area contributed by atoms with Crippen molar-refractivity contribution in [1.29, 1.82) is 0 Å². The predicted octanol–water partition coefficient (Wildman–Crippen LogP) is 3.15. The number of anilines is 1. The molecule has 3 aromatic rings. The zero-order chi connectivity index (χ0) is 12.8. The second-order valence-electron chi connectivity index (χ2n) is 4.85. The maximum Gasteiger partial charge on any atom is 0.235 e. The quantitative estimate of drug-likeness (QED) is 0.787. The number of hydrogen-bond acceptors (Lipinski definition) is 6. The predicted molar refractivity (Wildman–Crippen MR) is 77.6 cm³/mol. The Bertz CT molecular complexity index is 719. The number of nitrogens with zero attached hydrogens (tertiary/aromatic N) is 4. The number of fused-ring (bicyclic) bond motifs is 1. The molecule has 1 fully saturated rings. The van der Waals surface area contributed by atoms with Gasteiger partial charge in [0, 0.05) is 5.92 Å². The SMILES string of the molecule is Nc1ccsc1-c1nn2c(C3CCCC3)nnc2s1. The van der Waals surface area contributed by atoms with Crippen LogP contribution in [0.4, 0.5) is 5.69 Å². The van der Waals surface area contributed by atoms with Crippen LogP contribution < -0.4 is 5.73 Å². The van der Waals surface area contributed by atoms with Gasteiger partial charge in [0.15, 0.2) is 10.8 Å². The van der Waals surface area contributed by atoms with Gasteiger partial charge in [0.25, 0.3) is 0 Å². The van der Waals surface area contributed by atoms with E-state index in [9.17, 15) is 0 Å². The first-order valence-corrected chi connectivity index (χ1v) is 8.08. The highest BCUT2D eigenvalue weighted by Crippen LogP contribution is 2.37. The highest BCUT2D eigenvalue weighted by molar-refractivity contribution is 7.24. The van der Waals surface area contributed by atoms with Crippen LogP contribution in [0.25, 0.3) is 14.8 Å². The summed E-state index contributed by atoms with van der Waals surface area (Å²) in [6.45, 7) is 0. The lowest BCUT2D eigenvalue weighted by atomic mass is 10.1. The minimum absolute atomic E-state index is 0.519. The molecule has 0 aromatic carbocycles. The molecule has 0 spiro atoms. The maximum absolute atomic E-state index is 5.96. The Labute approximate surface area is 118 Å². The zero-order valence-corrected chi connectivity index (χ0v) is 11.9. The van der Waals surface area contributed by atoms with Gasteiger partial charge in [0.1, 0.15) is 0 Å². The average Bonchev–Trinajstić information content (AvgIpc) is 3.10. The molecule has 5 nitrogen and oxygen atoms in total. The van der Waals surface area contributed by atoms with E-state index in [1.165, 1.54) is 25.7 Å². The third-order valence-electron chi connectivity index (χ3n) is 3.63. The Morgan fingerprint density at radius 1 is 1.26 bits per heavy atom. The van der Waals surface area contributed by atoms with Crippen LogP contribution in [-0.4, -0.2) is 19.8 Å². The van der Waals surface area contributed by atoms with E-state index < -0.39 is 0 Å². The van der Waals surface area contributed by atoms with E-state index >= 15 is 0 Å². The number of rotatable bonds is 2. The van der Waals surface area contributed by atoms with Crippen molar-refractivity contribution >= 4 is 33.3 Å². The number of hydrogen-bond donors (Lipinski definition) is 1. The van der Waals surface area contributed by atoms with E-state index in [0.29, 0.717) is 5.92 Å². The van der Waals surface area contributed by atoms with Gasteiger partial charge in [-0.2, -0.15) is 9.61 Å². The Kier molecular flexibility index (Phi) is 2.56. The van der Waals surface area contributed by atoms with E-state index in [1.54, 1.807) is 22.7 Å². The molecular weight excluding hydrogens is 278 g/mol. The molecule has 3 aromatic heterocycles. The van der Waals surface area contributed by atoms with Crippen LogP contribution in [0.1, 0.15) is 37.4 Å². The van der Waals surface area contributed by atoms with Crippen molar-refractivity contribution in [3.63, 3.8) is 0 Å². The van der Waals surface area contributed by atoms with Gasteiger partial charge in [-0.1, -0.05) is 24.2 Å². The lowest BCUT2D eigenvalue weighted by Gasteiger charge is -2.03. The van der Waals surface area contributed by atoms with Crippen molar-refractivity contribution in [2.75, 3.05) is 5.73 Å². The number of nitrogens with two attached hydrogens (primary N) is 1. The van der Waals surface area contributed by atoms with Crippen LogP contribution in [0.2, 0.25) is 0 Å². The largest absolute Gasteiger partial charge is 0.397 e. The Morgan fingerprint density at radius 3 is 2.84 bits per heavy atom. The van der Waals surface area contributed by atoms with Gasteiger partial charge >= 0.3 is 0 Å². The van der Waals surface area contributed by atoms with Crippen LogP contribution in [0.5, 0.6) is 0 Å². The number of nitrogen functional groups attached to an aromatic ring is 1. The standard InChI is InChI=1S/C12H13N5S2/c13-8-5-6-18-9(8)11-16-17-10(7-3-1-2-4-7)14-15-12(17)19-11/h5-7H,1-4,13H2. The second-order valence-corrected chi connectivity index (χ2v) is 6.72. The molecule has 98 valence electrons. The molecular formula is C12H13N5S2. The van der Waals surface area contributed by atoms with Crippen molar-refractivity contribution in [1.82, 2.24) is 19.8 Å². The van der Waals surface area contributed by atoms with Crippen LogP contribution in [0.3, 0.4) is 0 Å². The smallest absolute Gasteiger partial charge is 0.235 e. The van der Waals surface area contributed by atoms with Gasteiger partial charge in [-0.3, -0.25) is 0 Å². The Hall–Kier alpha value is -1.47. The summed E-state index contributed by atoms with van der Waals surface area (Å²) in [5, 5.41) is 16.2. The van der Waals surface area contributed by atoms with Crippen molar-refractivity contribution in [2.45, 2.75) is 31.6 Å². The molecule has 1 saturated carbocycles. The second kappa shape index (κ2) is 4.28. The van der Waals surface area contributed by atoms with E-state index in [-0.39, 0.29) is 0 Å². The summed E-state index contributed by atoms with van der Waals surface area (Å²) in [6, 6.07) is 1.92. The van der Waals surface area contributed by atoms with E-state index in [2.05, 4.69) is 15.3 Å². The fourth-order valence-electron chi connectivity index (χ4n) is 2.66. The van der Waals surface area contributed by atoms with Crippen LogP contribution in [0, 0.1) is 0 Å².